The van der Waals surface area contributed by atoms with Gasteiger partial charge in [0, 0.05) is 6.54 Å². The Kier molecular flexibility index (Phi) is 4.44. The van der Waals surface area contributed by atoms with Crippen LogP contribution in [0, 0.1) is 11.3 Å². The van der Waals surface area contributed by atoms with E-state index in [-0.39, 0.29) is 5.38 Å². The lowest BCUT2D eigenvalue weighted by Crippen LogP contribution is -2.04. The van der Waals surface area contributed by atoms with Gasteiger partial charge in [-0.15, -0.1) is 11.6 Å². The fourth-order valence-corrected chi connectivity index (χ4v) is 2.48. The molecule has 0 saturated carbocycles. The van der Waals surface area contributed by atoms with Crippen LogP contribution in [0.5, 0.6) is 0 Å². The van der Waals surface area contributed by atoms with Crippen LogP contribution in [0.15, 0.2) is 18.2 Å². The monoisotopic (exact) mass is 275 g/mol. The first kappa shape index (κ1) is 13.9. The Morgan fingerprint density at radius 1 is 1.42 bits per heavy atom. The zero-order chi connectivity index (χ0) is 13.8. The first-order valence-corrected chi connectivity index (χ1v) is 7.16. The molecule has 100 valence electrons. The number of imidazole rings is 1. The van der Waals surface area contributed by atoms with Crippen LogP contribution in [0.4, 0.5) is 0 Å². The van der Waals surface area contributed by atoms with Gasteiger partial charge in [-0.2, -0.15) is 5.26 Å². The van der Waals surface area contributed by atoms with Gasteiger partial charge in [-0.3, -0.25) is 0 Å². The lowest BCUT2D eigenvalue weighted by atomic mass is 10.2. The van der Waals surface area contributed by atoms with Gasteiger partial charge < -0.3 is 4.57 Å². The van der Waals surface area contributed by atoms with Gasteiger partial charge >= 0.3 is 0 Å². The first-order valence-electron chi connectivity index (χ1n) is 6.72. The topological polar surface area (TPSA) is 41.6 Å². The number of nitrogens with zero attached hydrogens (tertiary/aromatic N) is 3. The van der Waals surface area contributed by atoms with E-state index in [1.54, 1.807) is 6.07 Å². The molecule has 19 heavy (non-hydrogen) atoms. The molecule has 0 radical (unpaired) electrons. The Hall–Kier alpha value is -1.53. The average Bonchev–Trinajstić information content (AvgIpc) is 2.78. The van der Waals surface area contributed by atoms with Crippen LogP contribution in [0.3, 0.4) is 0 Å². The van der Waals surface area contributed by atoms with E-state index < -0.39 is 0 Å². The molecular weight excluding hydrogens is 258 g/mol. The fraction of sp³-hybridized carbons (Fsp3) is 0.467. The molecule has 0 bridgehead atoms. The van der Waals surface area contributed by atoms with Crippen molar-refractivity contribution >= 4 is 22.6 Å². The number of para-hydroxylation sites is 1. The summed E-state index contributed by atoms with van der Waals surface area (Å²) in [5.41, 5.74) is 2.40. The zero-order valence-corrected chi connectivity index (χ0v) is 12.1. The van der Waals surface area contributed by atoms with Crippen molar-refractivity contribution in [2.75, 3.05) is 0 Å². The number of nitriles is 1. The maximum absolute atomic E-state index is 9.16. The lowest BCUT2D eigenvalue weighted by Gasteiger charge is -2.10. The highest BCUT2D eigenvalue weighted by molar-refractivity contribution is 6.20. The van der Waals surface area contributed by atoms with Gasteiger partial charge in [-0.25, -0.2) is 4.98 Å². The normalized spacial score (nSPS) is 12.5. The van der Waals surface area contributed by atoms with E-state index in [9.17, 15) is 0 Å². The van der Waals surface area contributed by atoms with E-state index in [4.69, 9.17) is 16.9 Å². The standard InChI is InChI=1S/C15H18ClN3/c1-3-4-5-9-19-13-8-6-7-12(10-17)14(13)18-15(19)11(2)16/h6-8,11H,3-5,9H2,1-2H3. The highest BCUT2D eigenvalue weighted by Gasteiger charge is 2.16. The molecule has 2 aromatic rings. The molecule has 1 aromatic carbocycles. The van der Waals surface area contributed by atoms with Crippen molar-refractivity contribution in [3.63, 3.8) is 0 Å². The molecule has 1 heterocycles. The van der Waals surface area contributed by atoms with Crippen LogP contribution in [0.1, 0.15) is 49.9 Å². The number of aryl methyl sites for hydroxylation is 1. The predicted octanol–water partition coefficient (Wildman–Crippen LogP) is 4.40. The molecule has 0 spiro atoms. The largest absolute Gasteiger partial charge is 0.327 e. The molecule has 0 N–H and O–H groups in total. The molecule has 1 atom stereocenters. The Bertz CT molecular complexity index is 608. The number of benzene rings is 1. The van der Waals surface area contributed by atoms with Crippen LogP contribution < -0.4 is 0 Å². The van der Waals surface area contributed by atoms with Gasteiger partial charge in [0.25, 0.3) is 0 Å². The average molecular weight is 276 g/mol. The van der Waals surface area contributed by atoms with Gasteiger partial charge in [0.05, 0.1) is 16.5 Å². The zero-order valence-electron chi connectivity index (χ0n) is 11.4. The molecule has 4 heteroatoms. The molecule has 0 aliphatic heterocycles. The Morgan fingerprint density at radius 3 is 2.84 bits per heavy atom. The Morgan fingerprint density at radius 2 is 2.21 bits per heavy atom. The lowest BCUT2D eigenvalue weighted by molar-refractivity contribution is 0.591. The van der Waals surface area contributed by atoms with Gasteiger partial charge in [-0.05, 0) is 25.5 Å². The number of fused-ring (bicyclic) bond motifs is 1. The van der Waals surface area contributed by atoms with Crippen LogP contribution >= 0.6 is 11.6 Å². The van der Waals surface area contributed by atoms with Crippen molar-refractivity contribution in [1.82, 2.24) is 9.55 Å². The van der Waals surface area contributed by atoms with E-state index in [0.717, 1.165) is 29.8 Å². The number of rotatable bonds is 5. The van der Waals surface area contributed by atoms with E-state index in [1.807, 2.05) is 19.1 Å². The van der Waals surface area contributed by atoms with E-state index in [2.05, 4.69) is 22.5 Å². The predicted molar refractivity (Wildman–Crippen MR) is 78.2 cm³/mol. The summed E-state index contributed by atoms with van der Waals surface area (Å²) in [4.78, 5) is 4.57. The molecule has 0 fully saturated rings. The maximum Gasteiger partial charge on any atom is 0.127 e. The summed E-state index contributed by atoms with van der Waals surface area (Å²) < 4.78 is 2.16. The van der Waals surface area contributed by atoms with Gasteiger partial charge in [-0.1, -0.05) is 25.8 Å². The van der Waals surface area contributed by atoms with Crippen molar-refractivity contribution in [3.05, 3.63) is 29.6 Å². The molecule has 1 unspecified atom stereocenters. The molecule has 0 aliphatic carbocycles. The minimum Gasteiger partial charge on any atom is -0.327 e. The summed E-state index contributed by atoms with van der Waals surface area (Å²) in [6.45, 7) is 5.02. The second kappa shape index (κ2) is 6.08. The molecule has 0 saturated heterocycles. The van der Waals surface area contributed by atoms with Crippen molar-refractivity contribution in [2.45, 2.75) is 45.0 Å². The summed E-state index contributed by atoms with van der Waals surface area (Å²) >= 11 is 6.22. The molecule has 1 aromatic heterocycles. The second-order valence-corrected chi connectivity index (χ2v) is 5.38. The SMILES string of the molecule is CCCCCn1c(C(C)Cl)nc2c(C#N)cccc21. The summed E-state index contributed by atoms with van der Waals surface area (Å²) in [6, 6.07) is 7.91. The Labute approximate surface area is 118 Å². The maximum atomic E-state index is 9.16. The van der Waals surface area contributed by atoms with Gasteiger partial charge in [0.1, 0.15) is 17.4 Å². The smallest absolute Gasteiger partial charge is 0.127 e. The summed E-state index contributed by atoms with van der Waals surface area (Å²) in [5, 5.41) is 9.00. The van der Waals surface area contributed by atoms with Crippen LogP contribution in [0.2, 0.25) is 0 Å². The molecule has 2 rings (SSSR count). The summed E-state index contributed by atoms with van der Waals surface area (Å²) in [6.07, 6.45) is 3.48. The summed E-state index contributed by atoms with van der Waals surface area (Å²) in [5.74, 6) is 0.857. The van der Waals surface area contributed by atoms with Crippen molar-refractivity contribution in [1.29, 1.82) is 5.26 Å². The number of unbranched alkanes of at least 4 members (excludes halogenated alkanes) is 2. The molecular formula is C15H18ClN3. The molecule has 3 nitrogen and oxygen atoms in total. The van der Waals surface area contributed by atoms with Crippen LogP contribution in [0.25, 0.3) is 11.0 Å². The van der Waals surface area contributed by atoms with Gasteiger partial charge in [0.2, 0.25) is 0 Å². The first-order chi connectivity index (χ1) is 9.19. The third-order valence-electron chi connectivity index (χ3n) is 3.27. The number of hydrogen-bond acceptors (Lipinski definition) is 2. The minimum absolute atomic E-state index is 0.152. The number of hydrogen-bond donors (Lipinski definition) is 0. The van der Waals surface area contributed by atoms with Crippen LogP contribution in [-0.4, -0.2) is 9.55 Å². The summed E-state index contributed by atoms with van der Waals surface area (Å²) in [7, 11) is 0. The van der Waals surface area contributed by atoms with E-state index in [1.165, 1.54) is 12.8 Å². The highest BCUT2D eigenvalue weighted by atomic mass is 35.5. The Balaban J connectivity index is 2.52. The second-order valence-electron chi connectivity index (χ2n) is 4.73. The number of alkyl halides is 1. The van der Waals surface area contributed by atoms with Crippen molar-refractivity contribution in [2.24, 2.45) is 0 Å². The van der Waals surface area contributed by atoms with Gasteiger partial charge in [0.15, 0.2) is 0 Å². The van der Waals surface area contributed by atoms with E-state index >= 15 is 0 Å². The minimum atomic E-state index is -0.152. The van der Waals surface area contributed by atoms with E-state index in [0.29, 0.717) is 5.56 Å². The fourth-order valence-electron chi connectivity index (χ4n) is 2.31. The van der Waals surface area contributed by atoms with Crippen LogP contribution in [-0.2, 0) is 6.54 Å². The quantitative estimate of drug-likeness (QED) is 0.599. The molecule has 0 aliphatic rings. The highest BCUT2D eigenvalue weighted by Crippen LogP contribution is 2.26. The number of halogens is 1. The van der Waals surface area contributed by atoms with Crippen molar-refractivity contribution < 1.29 is 0 Å². The number of aromatic nitrogens is 2. The van der Waals surface area contributed by atoms with Crippen molar-refractivity contribution in [3.8, 4) is 6.07 Å². The third kappa shape index (κ3) is 2.74. The molecule has 0 amide bonds. The third-order valence-corrected chi connectivity index (χ3v) is 3.47.